The van der Waals surface area contributed by atoms with Gasteiger partial charge in [-0.3, -0.25) is 9.59 Å². The first kappa shape index (κ1) is 19.7. The molecule has 0 spiro atoms. The van der Waals surface area contributed by atoms with E-state index in [0.717, 1.165) is 25.1 Å². The molecule has 0 radical (unpaired) electrons. The van der Waals surface area contributed by atoms with Gasteiger partial charge >= 0.3 is 0 Å². The number of nitrogens with zero attached hydrogens (tertiary/aromatic N) is 1. The Hall–Kier alpha value is -1.59. The van der Waals surface area contributed by atoms with Crippen molar-refractivity contribution in [1.82, 2.24) is 15.5 Å². The summed E-state index contributed by atoms with van der Waals surface area (Å²) < 4.78 is 0. The molecule has 2 amide bonds. The van der Waals surface area contributed by atoms with E-state index in [1.807, 2.05) is 31.2 Å². The summed E-state index contributed by atoms with van der Waals surface area (Å²) >= 11 is 0. The average Bonchev–Trinajstić information content (AvgIpc) is 2.93. The lowest BCUT2D eigenvalue weighted by atomic mass is 9.95. The smallest absolute Gasteiger partial charge is 0.243 e. The van der Waals surface area contributed by atoms with Crippen molar-refractivity contribution >= 4 is 24.2 Å². The average molecular weight is 366 g/mol. The molecule has 2 aliphatic rings. The molecule has 3 unspecified atom stereocenters. The van der Waals surface area contributed by atoms with Crippen LogP contribution in [0.5, 0.6) is 0 Å². The zero-order valence-electron chi connectivity index (χ0n) is 15.0. The van der Waals surface area contributed by atoms with Crippen molar-refractivity contribution in [2.75, 3.05) is 13.1 Å². The van der Waals surface area contributed by atoms with Crippen molar-refractivity contribution in [2.24, 2.45) is 5.92 Å². The number of aryl methyl sites for hydroxylation is 1. The monoisotopic (exact) mass is 365 g/mol. The third kappa shape index (κ3) is 4.73. The molecule has 0 bridgehead atoms. The Morgan fingerprint density at radius 2 is 2.00 bits per heavy atom. The van der Waals surface area contributed by atoms with Crippen molar-refractivity contribution < 1.29 is 9.59 Å². The number of piperidine rings is 1. The van der Waals surface area contributed by atoms with Gasteiger partial charge in [-0.15, -0.1) is 12.4 Å². The van der Waals surface area contributed by atoms with E-state index in [1.54, 1.807) is 4.90 Å². The molecule has 1 aromatic rings. The fourth-order valence-electron chi connectivity index (χ4n) is 3.60. The maximum Gasteiger partial charge on any atom is 0.243 e. The van der Waals surface area contributed by atoms with E-state index in [2.05, 4.69) is 17.6 Å². The minimum absolute atomic E-state index is 0. The van der Waals surface area contributed by atoms with E-state index < -0.39 is 0 Å². The van der Waals surface area contributed by atoms with Crippen molar-refractivity contribution in [2.45, 2.75) is 51.7 Å². The molecule has 3 rings (SSSR count). The molecule has 0 aliphatic carbocycles. The summed E-state index contributed by atoms with van der Waals surface area (Å²) in [5.74, 6) is 0.506. The zero-order chi connectivity index (χ0) is 17.1. The van der Waals surface area contributed by atoms with Gasteiger partial charge in [0, 0.05) is 19.0 Å². The lowest BCUT2D eigenvalue weighted by Gasteiger charge is -2.32. The number of halogens is 1. The first-order chi connectivity index (χ1) is 11.5. The van der Waals surface area contributed by atoms with Gasteiger partial charge in [0.05, 0.1) is 0 Å². The topological polar surface area (TPSA) is 61.4 Å². The summed E-state index contributed by atoms with van der Waals surface area (Å²) in [6, 6.07) is 8.02. The Bertz CT molecular complexity index is 605. The second-order valence-electron chi connectivity index (χ2n) is 7.15. The largest absolute Gasteiger partial charge is 0.351 e. The summed E-state index contributed by atoms with van der Waals surface area (Å²) in [4.78, 5) is 26.7. The van der Waals surface area contributed by atoms with E-state index in [-0.39, 0.29) is 36.3 Å². The first-order valence-corrected chi connectivity index (χ1v) is 8.90. The molecule has 3 atom stereocenters. The summed E-state index contributed by atoms with van der Waals surface area (Å²) in [5, 5.41) is 6.53. The van der Waals surface area contributed by atoms with Crippen molar-refractivity contribution in [3.63, 3.8) is 0 Å². The molecule has 2 aliphatic heterocycles. The third-order valence-corrected chi connectivity index (χ3v) is 5.22. The van der Waals surface area contributed by atoms with Crippen molar-refractivity contribution in [1.29, 1.82) is 0 Å². The Kier molecular flexibility index (Phi) is 6.85. The van der Waals surface area contributed by atoms with Crippen LogP contribution in [-0.4, -0.2) is 41.9 Å². The van der Waals surface area contributed by atoms with Gasteiger partial charge in [-0.25, -0.2) is 0 Å². The predicted octanol–water partition coefficient (Wildman–Crippen LogP) is 2.02. The fraction of sp³-hybridized carbons (Fsp3) is 0.579. The quantitative estimate of drug-likeness (QED) is 0.858. The molecule has 6 heteroatoms. The van der Waals surface area contributed by atoms with Crippen LogP contribution in [0.2, 0.25) is 0 Å². The summed E-state index contributed by atoms with van der Waals surface area (Å²) in [6.45, 7) is 6.58. The van der Waals surface area contributed by atoms with E-state index in [9.17, 15) is 9.59 Å². The standard InChI is InChI=1S/C19H27N3O2.ClH/c1-13-3-5-15(6-4-13)12-22-17(7-8-18(22)23)19(24)21-16-9-10-20-11-14(16)2;/h3-6,14,16-17,20H,7-12H2,1-2H3,(H,21,24);1H. The summed E-state index contributed by atoms with van der Waals surface area (Å²) in [5.41, 5.74) is 2.27. The van der Waals surface area contributed by atoms with Gasteiger partial charge in [0.15, 0.2) is 0 Å². The van der Waals surface area contributed by atoms with Gasteiger partial charge in [-0.1, -0.05) is 36.8 Å². The van der Waals surface area contributed by atoms with Crippen LogP contribution in [0.1, 0.15) is 37.3 Å². The van der Waals surface area contributed by atoms with Crippen LogP contribution in [0.25, 0.3) is 0 Å². The van der Waals surface area contributed by atoms with Crippen LogP contribution < -0.4 is 10.6 Å². The van der Waals surface area contributed by atoms with Gasteiger partial charge in [0.25, 0.3) is 0 Å². The van der Waals surface area contributed by atoms with E-state index in [4.69, 9.17) is 0 Å². The van der Waals surface area contributed by atoms with Crippen LogP contribution in [0.4, 0.5) is 0 Å². The van der Waals surface area contributed by atoms with Gasteiger partial charge in [-0.05, 0) is 44.3 Å². The van der Waals surface area contributed by atoms with Crippen molar-refractivity contribution in [3.05, 3.63) is 35.4 Å². The molecule has 1 aromatic carbocycles. The molecule has 2 N–H and O–H groups in total. The highest BCUT2D eigenvalue weighted by Gasteiger charge is 2.37. The summed E-state index contributed by atoms with van der Waals surface area (Å²) in [6.07, 6.45) is 2.03. The van der Waals surface area contributed by atoms with Gasteiger partial charge in [-0.2, -0.15) is 0 Å². The zero-order valence-corrected chi connectivity index (χ0v) is 15.8. The SMILES string of the molecule is Cc1ccc(CN2C(=O)CCC2C(=O)NC2CCNCC2C)cc1.Cl. The van der Waals surface area contributed by atoms with Gasteiger partial charge < -0.3 is 15.5 Å². The minimum atomic E-state index is -0.333. The Balaban J connectivity index is 0.00000225. The Morgan fingerprint density at radius 1 is 1.28 bits per heavy atom. The molecule has 2 heterocycles. The predicted molar refractivity (Wildman–Crippen MR) is 101 cm³/mol. The lowest BCUT2D eigenvalue weighted by molar-refractivity contribution is -0.136. The number of hydrogen-bond acceptors (Lipinski definition) is 3. The molecular formula is C19H28ClN3O2. The normalized spacial score (nSPS) is 26.2. The first-order valence-electron chi connectivity index (χ1n) is 8.90. The van der Waals surface area contributed by atoms with Crippen LogP contribution in [0, 0.1) is 12.8 Å². The van der Waals surface area contributed by atoms with E-state index in [0.29, 0.717) is 25.3 Å². The number of carbonyl (C=O) groups excluding carboxylic acids is 2. The highest BCUT2D eigenvalue weighted by atomic mass is 35.5. The molecule has 138 valence electrons. The maximum atomic E-state index is 12.7. The second kappa shape index (κ2) is 8.68. The number of hydrogen-bond donors (Lipinski definition) is 2. The number of carbonyl (C=O) groups is 2. The number of nitrogens with one attached hydrogen (secondary N) is 2. The van der Waals surface area contributed by atoms with Gasteiger partial charge in [0.2, 0.25) is 11.8 Å². The van der Waals surface area contributed by atoms with E-state index >= 15 is 0 Å². The Morgan fingerprint density at radius 3 is 2.68 bits per heavy atom. The van der Waals surface area contributed by atoms with Crippen LogP contribution >= 0.6 is 12.4 Å². The third-order valence-electron chi connectivity index (χ3n) is 5.22. The lowest BCUT2D eigenvalue weighted by Crippen LogP contribution is -2.53. The van der Waals surface area contributed by atoms with Gasteiger partial charge in [0.1, 0.15) is 6.04 Å². The fourth-order valence-corrected chi connectivity index (χ4v) is 3.60. The van der Waals surface area contributed by atoms with Crippen molar-refractivity contribution in [3.8, 4) is 0 Å². The van der Waals surface area contributed by atoms with Crippen LogP contribution in [0.3, 0.4) is 0 Å². The molecule has 2 fully saturated rings. The van der Waals surface area contributed by atoms with Crippen LogP contribution in [0.15, 0.2) is 24.3 Å². The molecule has 5 nitrogen and oxygen atoms in total. The molecular weight excluding hydrogens is 338 g/mol. The highest BCUT2D eigenvalue weighted by molar-refractivity contribution is 5.91. The minimum Gasteiger partial charge on any atom is -0.351 e. The second-order valence-corrected chi connectivity index (χ2v) is 7.15. The highest BCUT2D eigenvalue weighted by Crippen LogP contribution is 2.23. The molecule has 25 heavy (non-hydrogen) atoms. The molecule has 0 aromatic heterocycles. The van der Waals surface area contributed by atoms with E-state index in [1.165, 1.54) is 5.56 Å². The van der Waals surface area contributed by atoms with Crippen LogP contribution in [-0.2, 0) is 16.1 Å². The number of rotatable bonds is 4. The number of amides is 2. The maximum absolute atomic E-state index is 12.7. The Labute approximate surface area is 155 Å². The molecule has 0 saturated carbocycles. The molecule has 2 saturated heterocycles. The number of benzene rings is 1. The summed E-state index contributed by atoms with van der Waals surface area (Å²) in [7, 11) is 0. The number of likely N-dealkylation sites (tertiary alicyclic amines) is 1.